The van der Waals surface area contributed by atoms with Gasteiger partial charge >= 0.3 is 0 Å². The van der Waals surface area contributed by atoms with Gasteiger partial charge in [0.15, 0.2) is 0 Å². The highest BCUT2D eigenvalue weighted by Gasteiger charge is 2.30. The van der Waals surface area contributed by atoms with E-state index in [1.165, 1.54) is 36.9 Å². The molecule has 0 unspecified atom stereocenters. The minimum Gasteiger partial charge on any atom is -0.367 e. The zero-order valence-corrected chi connectivity index (χ0v) is 10.00. The number of aromatic nitrogens is 2. The fourth-order valence-corrected chi connectivity index (χ4v) is 2.43. The van der Waals surface area contributed by atoms with Crippen LogP contribution in [0.5, 0.6) is 0 Å². The fourth-order valence-electron chi connectivity index (χ4n) is 2.43. The van der Waals surface area contributed by atoms with E-state index in [0.29, 0.717) is 12.0 Å². The van der Waals surface area contributed by atoms with Crippen LogP contribution in [0.25, 0.3) is 0 Å². The average molecular weight is 230 g/mol. The summed E-state index contributed by atoms with van der Waals surface area (Å²) in [5, 5.41) is 7.00. The molecule has 17 heavy (non-hydrogen) atoms. The van der Waals surface area contributed by atoms with Crippen molar-refractivity contribution in [2.45, 2.75) is 50.6 Å². The molecular weight excluding hydrogens is 212 g/mol. The van der Waals surface area contributed by atoms with Gasteiger partial charge < -0.3 is 10.6 Å². The summed E-state index contributed by atoms with van der Waals surface area (Å²) in [6, 6.07) is 0.669. The lowest BCUT2D eigenvalue weighted by atomic mass is 10.1. The molecule has 4 rings (SSSR count). The summed E-state index contributed by atoms with van der Waals surface area (Å²) in [6.45, 7) is 1.98. The molecule has 3 aliphatic rings. The first kappa shape index (κ1) is 9.83. The minimum absolute atomic E-state index is 0.648. The molecule has 0 spiro atoms. The first-order chi connectivity index (χ1) is 8.40. The molecule has 2 saturated carbocycles. The van der Waals surface area contributed by atoms with E-state index in [-0.39, 0.29) is 0 Å². The Morgan fingerprint density at radius 2 is 2.00 bits per heavy atom. The largest absolute Gasteiger partial charge is 0.367 e. The van der Waals surface area contributed by atoms with Crippen LogP contribution < -0.4 is 10.6 Å². The Balaban J connectivity index is 1.74. The number of hydrogen-bond acceptors (Lipinski definition) is 4. The number of hydrogen-bond donors (Lipinski definition) is 2. The number of nitrogens with one attached hydrogen (secondary N) is 2. The van der Waals surface area contributed by atoms with Crippen molar-refractivity contribution < 1.29 is 0 Å². The van der Waals surface area contributed by atoms with E-state index in [4.69, 9.17) is 9.97 Å². The Hall–Kier alpha value is -1.16. The van der Waals surface area contributed by atoms with Crippen LogP contribution in [0.2, 0.25) is 0 Å². The molecule has 1 aromatic rings. The summed E-state index contributed by atoms with van der Waals surface area (Å²) in [4.78, 5) is 9.54. The van der Waals surface area contributed by atoms with Gasteiger partial charge in [-0.2, -0.15) is 0 Å². The molecule has 0 radical (unpaired) electrons. The quantitative estimate of drug-likeness (QED) is 0.827. The first-order valence-corrected chi connectivity index (χ1v) is 6.77. The number of rotatable bonds is 3. The lowest BCUT2D eigenvalue weighted by Crippen LogP contribution is -2.27. The molecule has 0 aromatic carbocycles. The highest BCUT2D eigenvalue weighted by molar-refractivity contribution is 5.49. The monoisotopic (exact) mass is 230 g/mol. The normalized spacial score (nSPS) is 23.3. The molecule has 2 aliphatic carbocycles. The molecule has 0 atom stereocenters. The van der Waals surface area contributed by atoms with E-state index in [1.54, 1.807) is 0 Å². The van der Waals surface area contributed by atoms with Crippen LogP contribution in [-0.4, -0.2) is 22.6 Å². The SMILES string of the molecule is C1Cc2nc(C3CC3)nc(NC3CC3)c2CN1. The summed E-state index contributed by atoms with van der Waals surface area (Å²) in [5.41, 5.74) is 2.59. The third-order valence-corrected chi connectivity index (χ3v) is 3.81. The number of anilines is 1. The zero-order valence-electron chi connectivity index (χ0n) is 10.00. The lowest BCUT2D eigenvalue weighted by Gasteiger charge is -2.20. The molecular formula is C13H18N4. The smallest absolute Gasteiger partial charge is 0.134 e. The summed E-state index contributed by atoms with van der Waals surface area (Å²) in [6.07, 6.45) is 6.20. The second kappa shape index (κ2) is 3.67. The third kappa shape index (κ3) is 1.90. The molecule has 90 valence electrons. The molecule has 2 heterocycles. The fraction of sp³-hybridized carbons (Fsp3) is 0.692. The van der Waals surface area contributed by atoms with Gasteiger partial charge in [0.1, 0.15) is 11.6 Å². The number of nitrogens with zero attached hydrogens (tertiary/aromatic N) is 2. The van der Waals surface area contributed by atoms with Gasteiger partial charge in [0.25, 0.3) is 0 Å². The topological polar surface area (TPSA) is 49.8 Å². The predicted octanol–water partition coefficient (Wildman–Crippen LogP) is 1.57. The van der Waals surface area contributed by atoms with Crippen molar-refractivity contribution in [3.05, 3.63) is 17.1 Å². The van der Waals surface area contributed by atoms with Crippen LogP contribution in [0.4, 0.5) is 5.82 Å². The van der Waals surface area contributed by atoms with E-state index in [1.807, 2.05) is 0 Å². The van der Waals surface area contributed by atoms with Crippen molar-refractivity contribution >= 4 is 5.82 Å². The highest BCUT2D eigenvalue weighted by Crippen LogP contribution is 2.39. The lowest BCUT2D eigenvalue weighted by molar-refractivity contribution is 0.621. The molecule has 0 bridgehead atoms. The maximum Gasteiger partial charge on any atom is 0.134 e. The Morgan fingerprint density at radius 1 is 1.12 bits per heavy atom. The summed E-state index contributed by atoms with van der Waals surface area (Å²) < 4.78 is 0. The molecule has 1 aromatic heterocycles. The standard InChI is InChI=1S/C13H18N4/c1-2-8(1)12-16-11-5-6-14-7-10(11)13(17-12)15-9-3-4-9/h8-9,14H,1-7H2,(H,15,16,17). The van der Waals surface area contributed by atoms with Crippen molar-refractivity contribution in [2.75, 3.05) is 11.9 Å². The molecule has 4 heteroatoms. The molecule has 0 amide bonds. The van der Waals surface area contributed by atoms with Gasteiger partial charge in [-0.25, -0.2) is 9.97 Å². The average Bonchev–Trinajstić information content (AvgIpc) is 3.23. The van der Waals surface area contributed by atoms with Crippen LogP contribution in [0.15, 0.2) is 0 Å². The van der Waals surface area contributed by atoms with E-state index in [0.717, 1.165) is 31.2 Å². The van der Waals surface area contributed by atoms with Crippen molar-refractivity contribution in [3.8, 4) is 0 Å². The van der Waals surface area contributed by atoms with Gasteiger partial charge in [-0.05, 0) is 25.7 Å². The van der Waals surface area contributed by atoms with E-state index in [9.17, 15) is 0 Å². The zero-order chi connectivity index (χ0) is 11.2. The number of fused-ring (bicyclic) bond motifs is 1. The van der Waals surface area contributed by atoms with Crippen molar-refractivity contribution in [1.82, 2.24) is 15.3 Å². The summed E-state index contributed by atoms with van der Waals surface area (Å²) in [5.74, 6) is 2.86. The highest BCUT2D eigenvalue weighted by atomic mass is 15.1. The van der Waals surface area contributed by atoms with Crippen LogP contribution in [0, 0.1) is 0 Å². The molecule has 1 aliphatic heterocycles. The maximum absolute atomic E-state index is 4.77. The Kier molecular flexibility index (Phi) is 2.12. The Labute approximate surface area is 101 Å². The summed E-state index contributed by atoms with van der Waals surface area (Å²) >= 11 is 0. The van der Waals surface area contributed by atoms with E-state index < -0.39 is 0 Å². The van der Waals surface area contributed by atoms with Crippen LogP contribution in [-0.2, 0) is 13.0 Å². The molecule has 4 nitrogen and oxygen atoms in total. The Morgan fingerprint density at radius 3 is 2.76 bits per heavy atom. The van der Waals surface area contributed by atoms with E-state index in [2.05, 4.69) is 10.6 Å². The Bertz CT molecular complexity index is 449. The molecule has 2 fully saturated rings. The third-order valence-electron chi connectivity index (χ3n) is 3.81. The van der Waals surface area contributed by atoms with Crippen molar-refractivity contribution in [3.63, 3.8) is 0 Å². The maximum atomic E-state index is 4.77. The van der Waals surface area contributed by atoms with Crippen molar-refractivity contribution in [1.29, 1.82) is 0 Å². The van der Waals surface area contributed by atoms with E-state index >= 15 is 0 Å². The predicted molar refractivity (Wildman–Crippen MR) is 66.1 cm³/mol. The minimum atomic E-state index is 0.648. The van der Waals surface area contributed by atoms with Gasteiger partial charge in [-0.1, -0.05) is 0 Å². The van der Waals surface area contributed by atoms with Crippen LogP contribution >= 0.6 is 0 Å². The van der Waals surface area contributed by atoms with Crippen LogP contribution in [0.1, 0.15) is 48.7 Å². The van der Waals surface area contributed by atoms with Crippen molar-refractivity contribution in [2.24, 2.45) is 0 Å². The second-order valence-electron chi connectivity index (χ2n) is 5.48. The van der Waals surface area contributed by atoms with Gasteiger partial charge in [0.2, 0.25) is 0 Å². The van der Waals surface area contributed by atoms with Gasteiger partial charge in [0, 0.05) is 37.0 Å². The second-order valence-corrected chi connectivity index (χ2v) is 5.48. The summed E-state index contributed by atoms with van der Waals surface area (Å²) in [7, 11) is 0. The molecule has 2 N–H and O–H groups in total. The molecule has 0 saturated heterocycles. The van der Waals surface area contributed by atoms with Gasteiger partial charge in [-0.15, -0.1) is 0 Å². The first-order valence-electron chi connectivity index (χ1n) is 6.77. The van der Waals surface area contributed by atoms with Gasteiger partial charge in [-0.3, -0.25) is 0 Å². The van der Waals surface area contributed by atoms with Crippen LogP contribution in [0.3, 0.4) is 0 Å². The van der Waals surface area contributed by atoms with Gasteiger partial charge in [0.05, 0.1) is 5.69 Å².